The van der Waals surface area contributed by atoms with Crippen molar-refractivity contribution in [2.24, 2.45) is 5.92 Å². The summed E-state index contributed by atoms with van der Waals surface area (Å²) in [5.74, 6) is 0.561. The van der Waals surface area contributed by atoms with E-state index in [2.05, 4.69) is 26.0 Å². The predicted molar refractivity (Wildman–Crippen MR) is 87.2 cm³/mol. The summed E-state index contributed by atoms with van der Waals surface area (Å²) in [7, 11) is -3.51. The minimum Gasteiger partial charge on any atom is -0.316 e. The van der Waals surface area contributed by atoms with Gasteiger partial charge in [-0.1, -0.05) is 17.7 Å². The van der Waals surface area contributed by atoms with Crippen molar-refractivity contribution in [1.29, 1.82) is 0 Å². The Morgan fingerprint density at radius 1 is 1.45 bits per heavy atom. The molecule has 1 heterocycles. The molecule has 1 aliphatic heterocycles. The Morgan fingerprint density at radius 2 is 2.20 bits per heavy atom. The highest BCUT2D eigenvalue weighted by atomic mass is 79.9. The topological polar surface area (TPSA) is 58.2 Å². The van der Waals surface area contributed by atoms with Crippen LogP contribution in [0.5, 0.6) is 0 Å². The van der Waals surface area contributed by atoms with Gasteiger partial charge in [0.25, 0.3) is 0 Å². The lowest BCUT2D eigenvalue weighted by molar-refractivity contribution is 0.519. The van der Waals surface area contributed by atoms with Crippen LogP contribution in [0, 0.1) is 5.92 Å². The highest BCUT2D eigenvalue weighted by molar-refractivity contribution is 9.10. The van der Waals surface area contributed by atoms with Gasteiger partial charge in [-0.2, -0.15) is 0 Å². The van der Waals surface area contributed by atoms with E-state index in [1.165, 1.54) is 6.07 Å². The van der Waals surface area contributed by atoms with Gasteiger partial charge in [-0.05, 0) is 59.9 Å². The second kappa shape index (κ2) is 7.96. The Hall–Kier alpha value is 0.150. The van der Waals surface area contributed by atoms with Crippen LogP contribution in [-0.4, -0.2) is 28.1 Å². The van der Waals surface area contributed by atoms with Crippen molar-refractivity contribution in [3.63, 3.8) is 0 Å². The highest BCUT2D eigenvalue weighted by Crippen LogP contribution is 2.29. The maximum Gasteiger partial charge on any atom is 0.241 e. The fourth-order valence-electron chi connectivity index (χ4n) is 2.13. The predicted octanol–water partition coefficient (Wildman–Crippen LogP) is 2.80. The molecule has 1 unspecified atom stereocenters. The number of nitrogens with one attached hydrogen (secondary N) is 2. The summed E-state index contributed by atoms with van der Waals surface area (Å²) in [6, 6.07) is 4.81. The first kappa shape index (κ1) is 18.2. The minimum absolute atomic E-state index is 0. The largest absolute Gasteiger partial charge is 0.316 e. The van der Waals surface area contributed by atoms with Gasteiger partial charge in [0.15, 0.2) is 0 Å². The zero-order chi connectivity index (χ0) is 13.9. The molecule has 1 aromatic carbocycles. The fourth-order valence-corrected chi connectivity index (χ4v) is 4.41. The number of hydrogen-bond acceptors (Lipinski definition) is 3. The molecule has 114 valence electrons. The van der Waals surface area contributed by atoms with Crippen molar-refractivity contribution in [2.75, 3.05) is 19.6 Å². The first-order valence-electron chi connectivity index (χ1n) is 6.15. The van der Waals surface area contributed by atoms with Gasteiger partial charge in [-0.15, -0.1) is 12.4 Å². The van der Waals surface area contributed by atoms with E-state index in [4.69, 9.17) is 11.6 Å². The van der Waals surface area contributed by atoms with Gasteiger partial charge in [0, 0.05) is 6.54 Å². The third-order valence-corrected chi connectivity index (χ3v) is 6.38. The fraction of sp³-hybridized carbons (Fsp3) is 0.500. The molecule has 1 atom stereocenters. The number of benzene rings is 1. The van der Waals surface area contributed by atoms with Crippen LogP contribution in [0.25, 0.3) is 0 Å². The second-order valence-corrected chi connectivity index (χ2v) is 7.53. The van der Waals surface area contributed by atoms with E-state index in [9.17, 15) is 8.42 Å². The Bertz CT molecular complexity index is 548. The van der Waals surface area contributed by atoms with E-state index in [1.807, 2.05) is 0 Å². The summed E-state index contributed by atoms with van der Waals surface area (Å²) >= 11 is 9.12. The summed E-state index contributed by atoms with van der Waals surface area (Å²) in [6.07, 6.45) is 1.97. The molecular formula is C12H17BrCl2N2O2S. The van der Waals surface area contributed by atoms with Crippen LogP contribution >= 0.6 is 39.9 Å². The van der Waals surface area contributed by atoms with Crippen LogP contribution in [-0.2, 0) is 10.0 Å². The maximum atomic E-state index is 12.2. The van der Waals surface area contributed by atoms with Gasteiger partial charge >= 0.3 is 0 Å². The molecule has 0 saturated carbocycles. The van der Waals surface area contributed by atoms with E-state index in [0.717, 1.165) is 25.9 Å². The van der Waals surface area contributed by atoms with Crippen molar-refractivity contribution in [1.82, 2.24) is 10.0 Å². The average Bonchev–Trinajstić information content (AvgIpc) is 2.85. The molecule has 2 rings (SSSR count). The second-order valence-electron chi connectivity index (χ2n) is 4.60. The lowest BCUT2D eigenvalue weighted by atomic mass is 10.1. The monoisotopic (exact) mass is 402 g/mol. The third kappa shape index (κ3) is 4.58. The molecule has 0 bridgehead atoms. The quantitative estimate of drug-likeness (QED) is 0.794. The molecule has 0 radical (unpaired) electrons. The molecule has 1 fully saturated rings. The maximum absolute atomic E-state index is 12.2. The van der Waals surface area contributed by atoms with Crippen LogP contribution in [0.3, 0.4) is 0 Å². The lowest BCUT2D eigenvalue weighted by Gasteiger charge is -2.11. The summed E-state index contributed by atoms with van der Waals surface area (Å²) in [6.45, 7) is 2.45. The summed E-state index contributed by atoms with van der Waals surface area (Å²) < 4.78 is 27.4. The summed E-state index contributed by atoms with van der Waals surface area (Å²) in [4.78, 5) is 0.185. The molecule has 4 nitrogen and oxygen atoms in total. The van der Waals surface area contributed by atoms with Crippen molar-refractivity contribution in [3.05, 3.63) is 27.7 Å². The summed E-state index contributed by atoms with van der Waals surface area (Å²) in [5, 5.41) is 3.66. The van der Waals surface area contributed by atoms with E-state index in [-0.39, 0.29) is 17.3 Å². The smallest absolute Gasteiger partial charge is 0.241 e. The summed E-state index contributed by atoms with van der Waals surface area (Å²) in [5.41, 5.74) is 0. The standard InChI is InChI=1S/C12H16BrClN2O2S.ClH/c13-12-10(14)2-1-3-11(12)19(17,18)16-7-5-9-4-6-15-8-9;/h1-3,9,15-16H,4-8H2;1H. The Balaban J connectivity index is 0.00000200. The SMILES string of the molecule is Cl.O=S(=O)(NCCC1CCNC1)c1cccc(Cl)c1Br. The number of hydrogen-bond donors (Lipinski definition) is 2. The average molecular weight is 404 g/mol. The molecule has 2 N–H and O–H groups in total. The van der Waals surface area contributed by atoms with Crippen molar-refractivity contribution < 1.29 is 8.42 Å². The molecule has 0 amide bonds. The number of rotatable bonds is 5. The molecule has 8 heteroatoms. The van der Waals surface area contributed by atoms with Gasteiger partial charge in [-0.3, -0.25) is 0 Å². The van der Waals surface area contributed by atoms with Crippen molar-refractivity contribution >= 4 is 50.0 Å². The normalized spacial score (nSPS) is 18.8. The zero-order valence-electron chi connectivity index (χ0n) is 10.7. The zero-order valence-corrected chi connectivity index (χ0v) is 14.7. The van der Waals surface area contributed by atoms with Crippen LogP contribution < -0.4 is 10.0 Å². The van der Waals surface area contributed by atoms with E-state index >= 15 is 0 Å². The van der Waals surface area contributed by atoms with Gasteiger partial charge in [0.1, 0.15) is 0 Å². The van der Waals surface area contributed by atoms with E-state index in [0.29, 0.717) is 22.0 Å². The van der Waals surface area contributed by atoms with Crippen LogP contribution in [0.4, 0.5) is 0 Å². The highest BCUT2D eigenvalue weighted by Gasteiger charge is 2.20. The first-order valence-corrected chi connectivity index (χ1v) is 8.80. The Kier molecular flexibility index (Phi) is 7.24. The third-order valence-electron chi connectivity index (χ3n) is 3.21. The molecular weight excluding hydrogens is 387 g/mol. The van der Waals surface area contributed by atoms with Gasteiger partial charge in [-0.25, -0.2) is 13.1 Å². The first-order chi connectivity index (χ1) is 9.00. The molecule has 1 aliphatic rings. The van der Waals surface area contributed by atoms with Crippen molar-refractivity contribution in [2.45, 2.75) is 17.7 Å². The van der Waals surface area contributed by atoms with E-state index in [1.54, 1.807) is 12.1 Å². The van der Waals surface area contributed by atoms with Crippen LogP contribution in [0.1, 0.15) is 12.8 Å². The molecule has 0 spiro atoms. The Labute approximate surface area is 139 Å². The van der Waals surface area contributed by atoms with E-state index < -0.39 is 10.0 Å². The molecule has 1 aromatic rings. The van der Waals surface area contributed by atoms with Gasteiger partial charge in [0.2, 0.25) is 10.0 Å². The molecule has 0 aliphatic carbocycles. The lowest BCUT2D eigenvalue weighted by Crippen LogP contribution is -2.27. The molecule has 0 aromatic heterocycles. The molecule has 1 saturated heterocycles. The van der Waals surface area contributed by atoms with Gasteiger partial charge in [0.05, 0.1) is 14.4 Å². The number of sulfonamides is 1. The Morgan fingerprint density at radius 3 is 2.85 bits per heavy atom. The van der Waals surface area contributed by atoms with Crippen molar-refractivity contribution in [3.8, 4) is 0 Å². The molecule has 20 heavy (non-hydrogen) atoms. The minimum atomic E-state index is -3.51. The van der Waals surface area contributed by atoms with Crippen LogP contribution in [0.2, 0.25) is 5.02 Å². The number of halogens is 3. The van der Waals surface area contributed by atoms with Crippen LogP contribution in [0.15, 0.2) is 27.6 Å². The van der Waals surface area contributed by atoms with Gasteiger partial charge < -0.3 is 5.32 Å².